The number of hydrogen-bond donors (Lipinski definition) is 0. The first-order valence-electron chi connectivity index (χ1n) is 5.12. The molecular formula is C12H13F3O. The molecule has 0 aromatic heterocycles. The van der Waals surface area contributed by atoms with Gasteiger partial charge in [0, 0.05) is 7.11 Å². The van der Waals surface area contributed by atoms with Crippen molar-refractivity contribution in [2.75, 3.05) is 7.11 Å². The van der Waals surface area contributed by atoms with E-state index >= 15 is 0 Å². The van der Waals surface area contributed by atoms with Crippen LogP contribution in [-0.4, -0.2) is 13.3 Å². The van der Waals surface area contributed by atoms with Gasteiger partial charge in [0.05, 0.1) is 0 Å². The second-order valence-electron chi connectivity index (χ2n) is 4.19. The molecule has 16 heavy (non-hydrogen) atoms. The fourth-order valence-electron chi connectivity index (χ4n) is 2.39. The maximum absolute atomic E-state index is 13.1. The highest BCUT2D eigenvalue weighted by Gasteiger charge is 2.59. The number of aryl methyl sites for hydroxylation is 2. The fraction of sp³-hybridized carbons (Fsp3) is 0.500. The van der Waals surface area contributed by atoms with Crippen molar-refractivity contribution in [2.45, 2.75) is 31.5 Å². The summed E-state index contributed by atoms with van der Waals surface area (Å²) in [5.41, 5.74) is -0.101. The maximum Gasteiger partial charge on any atom is 0.421 e. The zero-order chi connectivity index (χ0) is 12.0. The molecule has 1 nitrogen and oxygen atoms in total. The van der Waals surface area contributed by atoms with Crippen LogP contribution in [0.1, 0.15) is 23.1 Å². The number of ether oxygens (including phenoxy) is 1. The molecule has 1 aliphatic carbocycles. The molecule has 0 amide bonds. The first-order chi connectivity index (χ1) is 7.40. The van der Waals surface area contributed by atoms with Crippen LogP contribution in [-0.2, 0) is 16.8 Å². The third kappa shape index (κ3) is 1.44. The highest BCUT2D eigenvalue weighted by molar-refractivity contribution is 5.41. The van der Waals surface area contributed by atoms with Crippen molar-refractivity contribution in [1.82, 2.24) is 0 Å². The maximum atomic E-state index is 13.1. The van der Waals surface area contributed by atoms with Gasteiger partial charge in [-0.2, -0.15) is 13.2 Å². The minimum absolute atomic E-state index is 0.0220. The molecule has 88 valence electrons. The second kappa shape index (κ2) is 3.48. The molecule has 1 aliphatic rings. The Morgan fingerprint density at radius 2 is 2.00 bits per heavy atom. The monoisotopic (exact) mass is 230 g/mol. The number of methoxy groups -OCH3 is 1. The molecule has 0 saturated carbocycles. The van der Waals surface area contributed by atoms with Crippen molar-refractivity contribution in [1.29, 1.82) is 0 Å². The summed E-state index contributed by atoms with van der Waals surface area (Å²) >= 11 is 0. The Labute approximate surface area is 92.2 Å². The Balaban J connectivity index is 2.56. The van der Waals surface area contributed by atoms with Gasteiger partial charge >= 0.3 is 6.18 Å². The Morgan fingerprint density at radius 3 is 2.56 bits per heavy atom. The van der Waals surface area contributed by atoms with Crippen molar-refractivity contribution in [3.05, 3.63) is 34.9 Å². The molecule has 0 saturated heterocycles. The van der Waals surface area contributed by atoms with E-state index in [1.54, 1.807) is 6.07 Å². The molecule has 0 N–H and O–H groups in total. The standard InChI is InChI=1S/C12H13F3O/c1-8-3-4-10-9(7-8)5-6-11(10,16-2)12(13,14)15/h3-4,7H,5-6H2,1-2H3. The van der Waals surface area contributed by atoms with Crippen LogP contribution in [0.2, 0.25) is 0 Å². The SMILES string of the molecule is COC1(C(F)(F)F)CCc2cc(C)ccc21. The van der Waals surface area contributed by atoms with Crippen molar-refractivity contribution in [3.8, 4) is 0 Å². The summed E-state index contributed by atoms with van der Waals surface area (Å²) in [5.74, 6) is 0. The summed E-state index contributed by atoms with van der Waals surface area (Å²) in [4.78, 5) is 0. The molecule has 0 heterocycles. The summed E-state index contributed by atoms with van der Waals surface area (Å²) in [5, 5.41) is 0. The van der Waals surface area contributed by atoms with Crippen LogP contribution in [0.15, 0.2) is 18.2 Å². The summed E-state index contributed by atoms with van der Waals surface area (Å²) < 4.78 is 44.0. The highest BCUT2D eigenvalue weighted by atomic mass is 19.4. The number of rotatable bonds is 1. The van der Waals surface area contributed by atoms with E-state index in [4.69, 9.17) is 4.74 Å². The Morgan fingerprint density at radius 1 is 1.31 bits per heavy atom. The van der Waals surface area contributed by atoms with Gasteiger partial charge in [-0.3, -0.25) is 0 Å². The van der Waals surface area contributed by atoms with Crippen LogP contribution in [0.25, 0.3) is 0 Å². The van der Waals surface area contributed by atoms with Crippen molar-refractivity contribution in [3.63, 3.8) is 0 Å². The van der Waals surface area contributed by atoms with Crippen molar-refractivity contribution in [2.24, 2.45) is 0 Å². The quantitative estimate of drug-likeness (QED) is 0.719. The van der Waals surface area contributed by atoms with Gasteiger partial charge in [-0.1, -0.05) is 23.8 Å². The van der Waals surface area contributed by atoms with Gasteiger partial charge < -0.3 is 4.74 Å². The van der Waals surface area contributed by atoms with E-state index in [0.717, 1.165) is 18.2 Å². The number of hydrogen-bond acceptors (Lipinski definition) is 1. The van der Waals surface area contributed by atoms with Crippen LogP contribution in [0, 0.1) is 6.92 Å². The molecule has 1 aromatic carbocycles. The largest absolute Gasteiger partial charge is 0.421 e. The lowest BCUT2D eigenvalue weighted by Gasteiger charge is -2.31. The summed E-state index contributed by atoms with van der Waals surface area (Å²) in [6.45, 7) is 1.88. The van der Waals surface area contributed by atoms with Gasteiger partial charge in [0.1, 0.15) is 0 Å². The number of alkyl halides is 3. The number of benzene rings is 1. The van der Waals surface area contributed by atoms with E-state index in [1.165, 1.54) is 6.07 Å². The number of fused-ring (bicyclic) bond motifs is 1. The van der Waals surface area contributed by atoms with E-state index in [2.05, 4.69) is 0 Å². The molecular weight excluding hydrogens is 217 g/mol. The Kier molecular flexibility index (Phi) is 2.49. The van der Waals surface area contributed by atoms with Gasteiger partial charge in [0.15, 0.2) is 5.60 Å². The molecule has 1 aromatic rings. The molecule has 0 aliphatic heterocycles. The Hall–Kier alpha value is -1.03. The van der Waals surface area contributed by atoms with Crippen LogP contribution in [0.3, 0.4) is 0 Å². The van der Waals surface area contributed by atoms with Gasteiger partial charge in [-0.15, -0.1) is 0 Å². The third-order valence-corrected chi connectivity index (χ3v) is 3.25. The average Bonchev–Trinajstić information content (AvgIpc) is 2.55. The van der Waals surface area contributed by atoms with E-state index in [9.17, 15) is 13.2 Å². The lowest BCUT2D eigenvalue weighted by atomic mass is 9.94. The molecule has 2 rings (SSSR count). The molecule has 0 fully saturated rings. The van der Waals surface area contributed by atoms with Crippen LogP contribution >= 0.6 is 0 Å². The lowest BCUT2D eigenvalue weighted by Crippen LogP contribution is -2.42. The molecule has 0 radical (unpaired) electrons. The molecule has 0 bridgehead atoms. The average molecular weight is 230 g/mol. The minimum Gasteiger partial charge on any atom is -0.364 e. The van der Waals surface area contributed by atoms with Gasteiger partial charge in [-0.05, 0) is 30.9 Å². The van der Waals surface area contributed by atoms with E-state index in [1.807, 2.05) is 13.0 Å². The van der Waals surface area contributed by atoms with Crippen LogP contribution < -0.4 is 0 Å². The highest BCUT2D eigenvalue weighted by Crippen LogP contribution is 2.50. The first-order valence-corrected chi connectivity index (χ1v) is 5.12. The second-order valence-corrected chi connectivity index (χ2v) is 4.19. The van der Waals surface area contributed by atoms with E-state index in [-0.39, 0.29) is 12.0 Å². The van der Waals surface area contributed by atoms with E-state index < -0.39 is 11.8 Å². The first kappa shape index (κ1) is 11.5. The minimum atomic E-state index is -4.36. The zero-order valence-electron chi connectivity index (χ0n) is 9.19. The predicted octanol–water partition coefficient (Wildman–Crippen LogP) is 3.35. The van der Waals surface area contributed by atoms with Gasteiger partial charge in [0.2, 0.25) is 0 Å². The smallest absolute Gasteiger partial charge is 0.364 e. The molecule has 0 spiro atoms. The summed E-state index contributed by atoms with van der Waals surface area (Å²) in [6, 6.07) is 5.04. The van der Waals surface area contributed by atoms with Crippen LogP contribution in [0.4, 0.5) is 13.2 Å². The summed E-state index contributed by atoms with van der Waals surface area (Å²) in [7, 11) is 1.13. The molecule has 1 atom stereocenters. The fourth-order valence-corrected chi connectivity index (χ4v) is 2.39. The molecule has 4 heteroatoms. The molecule has 1 unspecified atom stereocenters. The lowest BCUT2D eigenvalue weighted by molar-refractivity contribution is -0.275. The van der Waals surface area contributed by atoms with Gasteiger partial charge in [-0.25, -0.2) is 0 Å². The predicted molar refractivity (Wildman–Crippen MR) is 54.2 cm³/mol. The van der Waals surface area contributed by atoms with Crippen molar-refractivity contribution < 1.29 is 17.9 Å². The summed E-state index contributed by atoms with van der Waals surface area (Å²) in [6.07, 6.45) is -3.96. The third-order valence-electron chi connectivity index (χ3n) is 3.25. The topological polar surface area (TPSA) is 9.23 Å². The van der Waals surface area contributed by atoms with Crippen LogP contribution in [0.5, 0.6) is 0 Å². The zero-order valence-corrected chi connectivity index (χ0v) is 9.19. The van der Waals surface area contributed by atoms with E-state index in [0.29, 0.717) is 6.42 Å². The van der Waals surface area contributed by atoms with Crippen molar-refractivity contribution >= 4 is 0 Å². The normalized spacial score (nSPS) is 24.6. The Bertz CT molecular complexity index is 411. The number of halogens is 3. The van der Waals surface area contributed by atoms with Gasteiger partial charge in [0.25, 0.3) is 0 Å².